The van der Waals surface area contributed by atoms with Gasteiger partial charge in [-0.1, -0.05) is 0 Å². The number of rotatable bonds is 5. The topological polar surface area (TPSA) is 76.5 Å². The number of aromatic nitrogens is 2. The van der Waals surface area contributed by atoms with E-state index in [4.69, 9.17) is 4.74 Å². The number of ether oxygens (including phenoxy) is 1. The molecule has 7 nitrogen and oxygen atoms in total. The summed E-state index contributed by atoms with van der Waals surface area (Å²) in [6.45, 7) is 6.76. The maximum absolute atomic E-state index is 11.5. The van der Waals surface area contributed by atoms with Crippen molar-refractivity contribution in [2.75, 3.05) is 49.3 Å². The maximum Gasteiger partial charge on any atom is 0.150 e. The van der Waals surface area contributed by atoms with Crippen molar-refractivity contribution in [1.29, 1.82) is 0 Å². The predicted molar refractivity (Wildman–Crippen MR) is 89.4 cm³/mol. The molecule has 3 rings (SSSR count). The van der Waals surface area contributed by atoms with Gasteiger partial charge in [-0.3, -0.25) is 4.68 Å². The average molecular weight is 342 g/mol. The number of hydrogen-bond acceptors (Lipinski definition) is 6. The van der Waals surface area contributed by atoms with Gasteiger partial charge in [0, 0.05) is 32.2 Å². The molecule has 0 bridgehead atoms. The average Bonchev–Trinajstić information content (AvgIpc) is 2.99. The van der Waals surface area contributed by atoms with Crippen molar-refractivity contribution in [2.24, 2.45) is 13.0 Å². The molecule has 0 aromatic carbocycles. The Kier molecular flexibility index (Phi) is 4.93. The van der Waals surface area contributed by atoms with Crippen LogP contribution in [-0.4, -0.2) is 62.6 Å². The van der Waals surface area contributed by atoms with Crippen LogP contribution in [-0.2, 0) is 28.2 Å². The molecular formula is C15H26N4O3S. The summed E-state index contributed by atoms with van der Waals surface area (Å²) in [5.41, 5.74) is 2.23. The Morgan fingerprint density at radius 2 is 2.09 bits per heavy atom. The molecule has 2 saturated heterocycles. The zero-order valence-corrected chi connectivity index (χ0v) is 14.7. The van der Waals surface area contributed by atoms with Crippen LogP contribution in [0.15, 0.2) is 0 Å². The molecule has 0 amide bonds. The van der Waals surface area contributed by atoms with Crippen molar-refractivity contribution in [3.63, 3.8) is 0 Å². The molecule has 1 aromatic heterocycles. The van der Waals surface area contributed by atoms with Crippen molar-refractivity contribution in [2.45, 2.75) is 19.9 Å². The highest BCUT2D eigenvalue weighted by Crippen LogP contribution is 2.24. The molecule has 0 unspecified atom stereocenters. The molecule has 1 N–H and O–H groups in total. The second kappa shape index (κ2) is 6.78. The molecule has 1 atom stereocenters. The highest BCUT2D eigenvalue weighted by Gasteiger charge is 2.28. The Balaban J connectivity index is 1.63. The van der Waals surface area contributed by atoms with Gasteiger partial charge in [-0.2, -0.15) is 5.10 Å². The SMILES string of the molecule is Cc1nn(C)c(N2CCOCC2)c1CNC[C@@H]1CCS(=O)(=O)C1. The van der Waals surface area contributed by atoms with E-state index in [-0.39, 0.29) is 5.92 Å². The van der Waals surface area contributed by atoms with E-state index >= 15 is 0 Å². The van der Waals surface area contributed by atoms with E-state index in [0.29, 0.717) is 11.5 Å². The van der Waals surface area contributed by atoms with Crippen molar-refractivity contribution in [1.82, 2.24) is 15.1 Å². The molecular weight excluding hydrogens is 316 g/mol. The van der Waals surface area contributed by atoms with E-state index in [9.17, 15) is 8.42 Å². The Morgan fingerprint density at radius 1 is 1.35 bits per heavy atom. The van der Waals surface area contributed by atoms with Crippen LogP contribution in [0.3, 0.4) is 0 Å². The first-order chi connectivity index (χ1) is 11.0. The normalized spacial score (nSPS) is 24.3. The minimum Gasteiger partial charge on any atom is -0.378 e. The third kappa shape index (κ3) is 3.87. The lowest BCUT2D eigenvalue weighted by molar-refractivity contribution is 0.122. The third-order valence-corrected chi connectivity index (χ3v) is 6.52. The predicted octanol–water partition coefficient (Wildman–Crippen LogP) is 0.0894. The van der Waals surface area contributed by atoms with Crippen LogP contribution in [0.25, 0.3) is 0 Å². The standard InChI is InChI=1S/C15H26N4O3S/c1-12-14(10-16-9-13-3-8-23(20,21)11-13)15(18(2)17-12)19-4-6-22-7-5-19/h13,16H,3-11H2,1-2H3/t13-/m0/s1. The Labute approximate surface area is 137 Å². The largest absolute Gasteiger partial charge is 0.378 e. The fraction of sp³-hybridized carbons (Fsp3) is 0.800. The number of hydrogen-bond donors (Lipinski definition) is 1. The summed E-state index contributed by atoms with van der Waals surface area (Å²) < 4.78 is 30.4. The summed E-state index contributed by atoms with van der Waals surface area (Å²) in [6.07, 6.45) is 0.775. The van der Waals surface area contributed by atoms with Crippen LogP contribution in [0.1, 0.15) is 17.7 Å². The molecule has 2 aliphatic heterocycles. The summed E-state index contributed by atoms with van der Waals surface area (Å²) >= 11 is 0. The van der Waals surface area contributed by atoms with E-state index in [2.05, 4.69) is 15.3 Å². The van der Waals surface area contributed by atoms with Crippen LogP contribution in [0, 0.1) is 12.8 Å². The van der Waals surface area contributed by atoms with E-state index in [1.807, 2.05) is 18.7 Å². The fourth-order valence-electron chi connectivity index (χ4n) is 3.50. The minimum absolute atomic E-state index is 0.240. The van der Waals surface area contributed by atoms with Crippen LogP contribution in [0.2, 0.25) is 0 Å². The molecule has 0 radical (unpaired) electrons. The molecule has 3 heterocycles. The molecule has 2 fully saturated rings. The number of aryl methyl sites for hydroxylation is 2. The Bertz CT molecular complexity index is 650. The third-order valence-electron chi connectivity index (χ3n) is 4.69. The zero-order valence-electron chi connectivity index (χ0n) is 13.9. The molecule has 2 aliphatic rings. The van der Waals surface area contributed by atoms with Gasteiger partial charge in [0.05, 0.1) is 30.4 Å². The molecule has 0 aliphatic carbocycles. The number of anilines is 1. The second-order valence-corrected chi connectivity index (χ2v) is 8.74. The highest BCUT2D eigenvalue weighted by molar-refractivity contribution is 7.91. The van der Waals surface area contributed by atoms with Gasteiger partial charge in [0.2, 0.25) is 0 Å². The van der Waals surface area contributed by atoms with Gasteiger partial charge in [-0.25, -0.2) is 8.42 Å². The molecule has 8 heteroatoms. The van der Waals surface area contributed by atoms with Crippen molar-refractivity contribution >= 4 is 15.7 Å². The van der Waals surface area contributed by atoms with Gasteiger partial charge >= 0.3 is 0 Å². The Morgan fingerprint density at radius 3 is 2.74 bits per heavy atom. The highest BCUT2D eigenvalue weighted by atomic mass is 32.2. The van der Waals surface area contributed by atoms with Gasteiger partial charge in [0.1, 0.15) is 5.82 Å². The number of nitrogens with zero attached hydrogens (tertiary/aromatic N) is 3. The summed E-state index contributed by atoms with van der Waals surface area (Å²) in [5.74, 6) is 2.05. The summed E-state index contributed by atoms with van der Waals surface area (Å²) in [6, 6.07) is 0. The van der Waals surface area contributed by atoms with Gasteiger partial charge in [-0.05, 0) is 25.8 Å². The fourth-order valence-corrected chi connectivity index (χ4v) is 5.36. The quantitative estimate of drug-likeness (QED) is 0.817. The van der Waals surface area contributed by atoms with E-state index in [0.717, 1.165) is 57.3 Å². The number of sulfone groups is 1. The smallest absolute Gasteiger partial charge is 0.150 e. The molecule has 0 spiro atoms. The van der Waals surface area contributed by atoms with E-state index < -0.39 is 9.84 Å². The van der Waals surface area contributed by atoms with Gasteiger partial charge in [0.15, 0.2) is 9.84 Å². The first kappa shape index (κ1) is 16.7. The maximum atomic E-state index is 11.5. The zero-order chi connectivity index (χ0) is 16.4. The molecule has 23 heavy (non-hydrogen) atoms. The second-order valence-electron chi connectivity index (χ2n) is 6.51. The van der Waals surface area contributed by atoms with Crippen LogP contribution >= 0.6 is 0 Å². The molecule has 130 valence electrons. The lowest BCUT2D eigenvalue weighted by atomic mass is 10.1. The van der Waals surface area contributed by atoms with E-state index in [1.165, 1.54) is 5.56 Å². The summed E-state index contributed by atoms with van der Waals surface area (Å²) in [5, 5.41) is 8.00. The van der Waals surface area contributed by atoms with Gasteiger partial charge in [0.25, 0.3) is 0 Å². The van der Waals surface area contributed by atoms with Crippen molar-refractivity contribution < 1.29 is 13.2 Å². The van der Waals surface area contributed by atoms with Crippen LogP contribution in [0.5, 0.6) is 0 Å². The summed E-state index contributed by atoms with van der Waals surface area (Å²) in [7, 11) is -0.821. The van der Waals surface area contributed by atoms with Gasteiger partial charge < -0.3 is 15.0 Å². The minimum atomic E-state index is -2.80. The summed E-state index contributed by atoms with van der Waals surface area (Å²) in [4.78, 5) is 2.32. The number of nitrogens with one attached hydrogen (secondary N) is 1. The van der Waals surface area contributed by atoms with Gasteiger partial charge in [-0.15, -0.1) is 0 Å². The van der Waals surface area contributed by atoms with Crippen LogP contribution < -0.4 is 10.2 Å². The molecule has 0 saturated carbocycles. The molecule has 1 aromatic rings. The first-order valence-corrected chi connectivity index (χ1v) is 10.0. The van der Waals surface area contributed by atoms with Crippen LogP contribution in [0.4, 0.5) is 5.82 Å². The van der Waals surface area contributed by atoms with Crippen molar-refractivity contribution in [3.8, 4) is 0 Å². The van der Waals surface area contributed by atoms with Crippen molar-refractivity contribution in [3.05, 3.63) is 11.3 Å². The first-order valence-electron chi connectivity index (χ1n) is 8.22. The lowest BCUT2D eigenvalue weighted by Gasteiger charge is -2.29. The Hall–Kier alpha value is -1.12. The lowest BCUT2D eigenvalue weighted by Crippen LogP contribution is -2.38. The monoisotopic (exact) mass is 342 g/mol. The van der Waals surface area contributed by atoms with E-state index in [1.54, 1.807) is 0 Å². The number of morpholine rings is 1.